The molecule has 1 saturated heterocycles. The first-order valence-corrected chi connectivity index (χ1v) is 3.29. The predicted molar refractivity (Wildman–Crippen MR) is 35.0 cm³/mol. The van der Waals surface area contributed by atoms with Gasteiger partial charge in [-0.2, -0.15) is 0 Å². The molecule has 1 atom stereocenters. The molecule has 0 saturated carbocycles. The van der Waals surface area contributed by atoms with Crippen molar-refractivity contribution in [1.82, 2.24) is 5.32 Å². The Bertz CT molecular complexity index is 120. The van der Waals surface area contributed by atoms with Gasteiger partial charge < -0.3 is 11.1 Å². The number of hydrogen-bond acceptors (Lipinski definition) is 2. The molecule has 1 aliphatic heterocycles. The van der Waals surface area contributed by atoms with Gasteiger partial charge in [0.25, 0.3) is 5.92 Å². The third-order valence-electron chi connectivity index (χ3n) is 1.57. The van der Waals surface area contributed by atoms with Crippen LogP contribution in [0.3, 0.4) is 0 Å². The molecular formula is C6H12F2N2. The van der Waals surface area contributed by atoms with Crippen LogP contribution in [-0.4, -0.2) is 24.6 Å². The zero-order valence-electron chi connectivity index (χ0n) is 5.95. The molecule has 1 rings (SSSR count). The van der Waals surface area contributed by atoms with Gasteiger partial charge in [0.1, 0.15) is 0 Å². The summed E-state index contributed by atoms with van der Waals surface area (Å²) in [6.07, 6.45) is -0.215. The van der Waals surface area contributed by atoms with Crippen LogP contribution in [0.2, 0.25) is 0 Å². The van der Waals surface area contributed by atoms with Crippen molar-refractivity contribution < 1.29 is 8.78 Å². The molecule has 0 amide bonds. The Morgan fingerprint density at radius 3 is 2.30 bits per heavy atom. The first kappa shape index (κ1) is 7.88. The van der Waals surface area contributed by atoms with Gasteiger partial charge in [-0.25, -0.2) is 8.78 Å². The second kappa shape index (κ2) is 2.13. The summed E-state index contributed by atoms with van der Waals surface area (Å²) in [6.45, 7) is 1.87. The molecule has 0 bridgehead atoms. The Kier molecular flexibility index (Phi) is 1.68. The minimum Gasteiger partial charge on any atom is -0.324 e. The van der Waals surface area contributed by atoms with Crippen molar-refractivity contribution in [3.8, 4) is 0 Å². The maximum absolute atomic E-state index is 12.6. The molecule has 0 aromatic rings. The van der Waals surface area contributed by atoms with E-state index in [1.165, 1.54) is 0 Å². The summed E-state index contributed by atoms with van der Waals surface area (Å²) in [6, 6.07) is 0. The molecule has 1 heterocycles. The third kappa shape index (κ3) is 1.88. The van der Waals surface area contributed by atoms with Gasteiger partial charge >= 0.3 is 0 Å². The Labute approximate surface area is 58.8 Å². The van der Waals surface area contributed by atoms with Crippen LogP contribution in [0, 0.1) is 0 Å². The van der Waals surface area contributed by atoms with E-state index in [0.717, 1.165) is 0 Å². The lowest BCUT2D eigenvalue weighted by Crippen LogP contribution is -2.57. The highest BCUT2D eigenvalue weighted by molar-refractivity contribution is 4.93. The predicted octanol–water partition coefficient (Wildman–Crippen LogP) is 0.332. The van der Waals surface area contributed by atoms with Gasteiger partial charge in [-0.1, -0.05) is 0 Å². The SMILES string of the molecule is CC1(N)CNCC(F)(F)C1. The largest absolute Gasteiger partial charge is 0.324 e. The summed E-state index contributed by atoms with van der Waals surface area (Å²) in [7, 11) is 0. The fourth-order valence-corrected chi connectivity index (χ4v) is 1.25. The topological polar surface area (TPSA) is 38.0 Å². The van der Waals surface area contributed by atoms with Gasteiger partial charge in [0.15, 0.2) is 0 Å². The molecular weight excluding hydrogens is 138 g/mol. The van der Waals surface area contributed by atoms with Crippen molar-refractivity contribution in [2.45, 2.75) is 24.8 Å². The first-order chi connectivity index (χ1) is 4.41. The number of piperidine rings is 1. The number of rotatable bonds is 0. The van der Waals surface area contributed by atoms with Gasteiger partial charge in [-0.05, 0) is 6.92 Å². The molecule has 2 nitrogen and oxygen atoms in total. The van der Waals surface area contributed by atoms with Crippen LogP contribution >= 0.6 is 0 Å². The molecule has 0 aromatic heterocycles. The Morgan fingerprint density at radius 2 is 2.00 bits per heavy atom. The van der Waals surface area contributed by atoms with E-state index in [1.807, 2.05) is 0 Å². The number of hydrogen-bond donors (Lipinski definition) is 2. The quantitative estimate of drug-likeness (QED) is 0.522. The van der Waals surface area contributed by atoms with Gasteiger partial charge in [0.2, 0.25) is 0 Å². The second-order valence-electron chi connectivity index (χ2n) is 3.29. The van der Waals surface area contributed by atoms with Crippen molar-refractivity contribution in [2.24, 2.45) is 5.73 Å². The van der Waals surface area contributed by atoms with E-state index in [2.05, 4.69) is 5.32 Å². The minimum atomic E-state index is -2.62. The lowest BCUT2D eigenvalue weighted by Gasteiger charge is -2.35. The van der Waals surface area contributed by atoms with Crippen LogP contribution in [0.15, 0.2) is 0 Å². The summed E-state index contributed by atoms with van der Waals surface area (Å²) in [5, 5.41) is 2.59. The van der Waals surface area contributed by atoms with Crippen molar-refractivity contribution in [3.05, 3.63) is 0 Å². The fourth-order valence-electron chi connectivity index (χ4n) is 1.25. The van der Waals surface area contributed by atoms with Crippen molar-refractivity contribution in [3.63, 3.8) is 0 Å². The van der Waals surface area contributed by atoms with Gasteiger partial charge in [-0.3, -0.25) is 0 Å². The zero-order valence-corrected chi connectivity index (χ0v) is 5.95. The molecule has 0 radical (unpaired) electrons. The van der Waals surface area contributed by atoms with Crippen LogP contribution in [0.5, 0.6) is 0 Å². The van der Waals surface area contributed by atoms with Crippen LogP contribution in [-0.2, 0) is 0 Å². The van der Waals surface area contributed by atoms with E-state index >= 15 is 0 Å². The first-order valence-electron chi connectivity index (χ1n) is 3.29. The van der Waals surface area contributed by atoms with E-state index in [4.69, 9.17) is 5.73 Å². The molecule has 1 fully saturated rings. The Morgan fingerprint density at radius 1 is 1.40 bits per heavy atom. The summed E-state index contributed by atoms with van der Waals surface area (Å²) in [5.41, 5.74) is 4.76. The lowest BCUT2D eigenvalue weighted by molar-refractivity contribution is -0.0426. The monoisotopic (exact) mass is 150 g/mol. The second-order valence-corrected chi connectivity index (χ2v) is 3.29. The summed E-state index contributed by atoms with van der Waals surface area (Å²) in [5.74, 6) is -2.62. The minimum absolute atomic E-state index is 0.215. The molecule has 4 heteroatoms. The highest BCUT2D eigenvalue weighted by Gasteiger charge is 2.40. The molecule has 10 heavy (non-hydrogen) atoms. The van der Waals surface area contributed by atoms with Gasteiger partial charge in [-0.15, -0.1) is 0 Å². The maximum Gasteiger partial charge on any atom is 0.262 e. The average Bonchev–Trinajstić information content (AvgIpc) is 1.56. The summed E-state index contributed by atoms with van der Waals surface area (Å²) >= 11 is 0. The zero-order chi connectivity index (χ0) is 7.83. The highest BCUT2D eigenvalue weighted by atomic mass is 19.3. The number of alkyl halides is 2. The maximum atomic E-state index is 12.6. The fraction of sp³-hybridized carbons (Fsp3) is 1.00. The Hall–Kier alpha value is -0.220. The van der Waals surface area contributed by atoms with Crippen molar-refractivity contribution in [1.29, 1.82) is 0 Å². The van der Waals surface area contributed by atoms with E-state index in [-0.39, 0.29) is 13.0 Å². The normalized spacial score (nSPS) is 39.6. The molecule has 60 valence electrons. The number of nitrogens with two attached hydrogens (primary N) is 1. The van der Waals surface area contributed by atoms with Crippen LogP contribution in [0.4, 0.5) is 8.78 Å². The smallest absolute Gasteiger partial charge is 0.262 e. The molecule has 1 unspecified atom stereocenters. The summed E-state index contributed by atoms with van der Waals surface area (Å²) in [4.78, 5) is 0. The summed E-state index contributed by atoms with van der Waals surface area (Å²) < 4.78 is 25.1. The highest BCUT2D eigenvalue weighted by Crippen LogP contribution is 2.26. The number of nitrogens with one attached hydrogen (secondary N) is 1. The average molecular weight is 150 g/mol. The molecule has 0 spiro atoms. The Balaban J connectivity index is 2.56. The van der Waals surface area contributed by atoms with Crippen LogP contribution < -0.4 is 11.1 Å². The van der Waals surface area contributed by atoms with E-state index in [1.54, 1.807) is 6.92 Å². The molecule has 0 aromatic carbocycles. The van der Waals surface area contributed by atoms with Crippen molar-refractivity contribution >= 4 is 0 Å². The van der Waals surface area contributed by atoms with Crippen LogP contribution in [0.25, 0.3) is 0 Å². The standard InChI is InChI=1S/C6H12F2N2/c1-5(9)2-6(7,8)4-10-3-5/h10H,2-4,9H2,1H3. The molecule has 3 N–H and O–H groups in total. The number of halogens is 2. The third-order valence-corrected chi connectivity index (χ3v) is 1.57. The van der Waals surface area contributed by atoms with E-state index < -0.39 is 11.5 Å². The van der Waals surface area contributed by atoms with Gasteiger partial charge in [0.05, 0.1) is 6.54 Å². The van der Waals surface area contributed by atoms with E-state index in [9.17, 15) is 8.78 Å². The van der Waals surface area contributed by atoms with Crippen LogP contribution in [0.1, 0.15) is 13.3 Å². The molecule has 0 aliphatic carbocycles. The lowest BCUT2D eigenvalue weighted by atomic mass is 9.91. The van der Waals surface area contributed by atoms with Crippen molar-refractivity contribution in [2.75, 3.05) is 13.1 Å². The van der Waals surface area contributed by atoms with E-state index in [0.29, 0.717) is 6.54 Å². The molecule has 1 aliphatic rings. The van der Waals surface area contributed by atoms with Gasteiger partial charge in [0, 0.05) is 18.5 Å².